The van der Waals surface area contributed by atoms with Crippen LogP contribution in [0.1, 0.15) is 58.1 Å². The van der Waals surface area contributed by atoms with Gasteiger partial charge in [0.15, 0.2) is 0 Å². The zero-order chi connectivity index (χ0) is 24.4. The number of fused-ring (bicyclic) bond motifs is 4. The summed E-state index contributed by atoms with van der Waals surface area (Å²) in [5.41, 5.74) is 13.7. The normalized spacial score (nSPS) is 25.5. The molecule has 1 aromatic carbocycles. The average molecular weight is 470 g/mol. The zero-order valence-electron chi connectivity index (χ0n) is 21.1. The Hall–Kier alpha value is -3.64. The first-order chi connectivity index (χ1) is 17.6. The molecule has 0 amide bonds. The van der Waals surface area contributed by atoms with Gasteiger partial charge < -0.3 is 4.90 Å². The van der Waals surface area contributed by atoms with Crippen molar-refractivity contribution in [3.05, 3.63) is 106 Å². The van der Waals surface area contributed by atoms with Crippen molar-refractivity contribution >= 4 is 5.69 Å². The Bertz CT molecular complexity index is 1470. The molecule has 0 saturated heterocycles. The van der Waals surface area contributed by atoms with Gasteiger partial charge in [0.2, 0.25) is 0 Å². The highest BCUT2D eigenvalue weighted by molar-refractivity contribution is 5.73. The molecule has 0 saturated carbocycles. The molecule has 2 atom stereocenters. The third-order valence-corrected chi connectivity index (χ3v) is 9.06. The Kier molecular flexibility index (Phi) is 4.77. The first kappa shape index (κ1) is 21.6. The van der Waals surface area contributed by atoms with E-state index in [1.54, 1.807) is 33.9 Å². The second kappa shape index (κ2) is 7.93. The van der Waals surface area contributed by atoms with Crippen molar-refractivity contribution in [2.24, 2.45) is 11.3 Å². The summed E-state index contributed by atoms with van der Waals surface area (Å²) in [6.07, 6.45) is 18.5. The minimum atomic E-state index is 0.0976. The number of anilines is 1. The molecule has 7 rings (SSSR count). The number of pyridine rings is 1. The van der Waals surface area contributed by atoms with Crippen LogP contribution in [0.2, 0.25) is 0 Å². The van der Waals surface area contributed by atoms with E-state index in [0.29, 0.717) is 17.7 Å². The van der Waals surface area contributed by atoms with E-state index < -0.39 is 0 Å². The third-order valence-electron chi connectivity index (χ3n) is 9.06. The fraction of sp³-hybridized carbons (Fsp3) is 0.333. The summed E-state index contributed by atoms with van der Waals surface area (Å²) in [5.74, 6) is 0.467. The van der Waals surface area contributed by atoms with Crippen LogP contribution in [0.25, 0.3) is 11.1 Å². The Labute approximate surface area is 213 Å². The van der Waals surface area contributed by atoms with Crippen molar-refractivity contribution in [3.63, 3.8) is 0 Å². The zero-order valence-corrected chi connectivity index (χ0v) is 21.1. The van der Waals surface area contributed by atoms with Crippen LogP contribution in [0.3, 0.4) is 0 Å². The summed E-state index contributed by atoms with van der Waals surface area (Å²) in [4.78, 5) is 7.00. The van der Waals surface area contributed by atoms with E-state index in [1.807, 2.05) is 12.3 Å². The van der Waals surface area contributed by atoms with Crippen LogP contribution in [-0.4, -0.2) is 11.0 Å². The number of benzene rings is 1. The van der Waals surface area contributed by atoms with Gasteiger partial charge in [-0.15, -0.1) is 0 Å². The lowest BCUT2D eigenvalue weighted by molar-refractivity contribution is 0.416. The van der Waals surface area contributed by atoms with Gasteiger partial charge in [0.25, 0.3) is 0 Å². The van der Waals surface area contributed by atoms with Crippen molar-refractivity contribution in [1.82, 2.24) is 4.98 Å². The molecule has 4 aliphatic carbocycles. The van der Waals surface area contributed by atoms with Gasteiger partial charge in [-0.3, -0.25) is 0 Å². The van der Waals surface area contributed by atoms with Gasteiger partial charge in [-0.05, 0) is 96.2 Å². The smallest absolute Gasteiger partial charge is 0.140 e. The van der Waals surface area contributed by atoms with Crippen molar-refractivity contribution in [1.29, 1.82) is 5.26 Å². The first-order valence-electron chi connectivity index (χ1n) is 13.4. The lowest BCUT2D eigenvalue weighted by atomic mass is 9.67. The Morgan fingerprint density at radius 1 is 0.972 bits per heavy atom. The first-order valence-corrected chi connectivity index (χ1v) is 13.4. The van der Waals surface area contributed by atoms with Crippen molar-refractivity contribution < 1.29 is 0 Å². The minimum Gasteiger partial charge on any atom is -0.341 e. The number of allylic oxidation sites excluding steroid dienone is 8. The highest BCUT2D eigenvalue weighted by Crippen LogP contribution is 2.61. The summed E-state index contributed by atoms with van der Waals surface area (Å²) >= 11 is 0. The van der Waals surface area contributed by atoms with Crippen LogP contribution in [0.5, 0.6) is 0 Å². The molecule has 1 aromatic heterocycles. The van der Waals surface area contributed by atoms with E-state index in [-0.39, 0.29) is 5.41 Å². The molecule has 0 spiro atoms. The lowest BCUT2D eigenvalue weighted by Gasteiger charge is -2.40. The van der Waals surface area contributed by atoms with Crippen LogP contribution in [0.15, 0.2) is 100 Å². The standard InChI is InChI=1S/C33H31N3/c1-33(2)28-12-5-3-10-25(28)26-16-17-30-31(32(26)33)27-11-4-6-13-29(27)36(30)24-9-7-8-21(18-24)22-14-15-23(19-34)35-20-22/h4-5,7-9,11-12,14-15,18,20,30-31H,3,6,10,13,16-17H2,1-2H3. The number of nitrogens with zero attached hydrogens (tertiary/aromatic N) is 3. The van der Waals surface area contributed by atoms with Gasteiger partial charge in [0.05, 0.1) is 0 Å². The minimum absolute atomic E-state index is 0.0976. The molecule has 0 fully saturated rings. The fourth-order valence-electron chi connectivity index (χ4n) is 7.63. The molecule has 36 heavy (non-hydrogen) atoms. The van der Waals surface area contributed by atoms with Crippen LogP contribution in [0, 0.1) is 22.7 Å². The molecule has 5 aliphatic rings. The number of hydrogen-bond acceptors (Lipinski definition) is 3. The molecule has 0 N–H and O–H groups in total. The van der Waals surface area contributed by atoms with Gasteiger partial charge in [-0.25, -0.2) is 4.98 Å². The van der Waals surface area contributed by atoms with E-state index in [1.165, 1.54) is 37.1 Å². The fourth-order valence-corrected chi connectivity index (χ4v) is 7.63. The maximum atomic E-state index is 9.14. The van der Waals surface area contributed by atoms with Crippen molar-refractivity contribution in [3.8, 4) is 17.2 Å². The molecule has 3 heteroatoms. The molecular formula is C33H31N3. The number of aromatic nitrogens is 1. The number of hydrogen-bond donors (Lipinski definition) is 0. The van der Waals surface area contributed by atoms with Crippen molar-refractivity contribution in [2.45, 2.75) is 58.4 Å². The molecule has 2 unspecified atom stereocenters. The Morgan fingerprint density at radius 3 is 2.67 bits per heavy atom. The van der Waals surface area contributed by atoms with Gasteiger partial charge in [0, 0.05) is 40.5 Å². The molecule has 1 aliphatic heterocycles. The maximum absolute atomic E-state index is 9.14. The molecule has 0 radical (unpaired) electrons. The second-order valence-electron chi connectivity index (χ2n) is 11.2. The van der Waals surface area contributed by atoms with Crippen LogP contribution >= 0.6 is 0 Å². The molecule has 3 nitrogen and oxygen atoms in total. The highest BCUT2D eigenvalue weighted by Gasteiger charge is 2.52. The van der Waals surface area contributed by atoms with E-state index in [2.05, 4.69) is 78.4 Å². The van der Waals surface area contributed by atoms with Gasteiger partial charge in [-0.2, -0.15) is 5.26 Å². The van der Waals surface area contributed by atoms with Crippen LogP contribution in [0.4, 0.5) is 5.69 Å². The van der Waals surface area contributed by atoms with Gasteiger partial charge >= 0.3 is 0 Å². The summed E-state index contributed by atoms with van der Waals surface area (Å²) in [7, 11) is 0. The summed E-state index contributed by atoms with van der Waals surface area (Å²) < 4.78 is 0. The average Bonchev–Trinajstić information content (AvgIpc) is 3.38. The quantitative estimate of drug-likeness (QED) is 0.450. The summed E-state index contributed by atoms with van der Waals surface area (Å²) in [6, 6.07) is 15.3. The van der Waals surface area contributed by atoms with Crippen LogP contribution < -0.4 is 4.90 Å². The van der Waals surface area contributed by atoms with E-state index in [9.17, 15) is 0 Å². The predicted molar refractivity (Wildman–Crippen MR) is 145 cm³/mol. The molecule has 2 heterocycles. The summed E-state index contributed by atoms with van der Waals surface area (Å²) in [5, 5.41) is 9.14. The lowest BCUT2D eigenvalue weighted by Crippen LogP contribution is -2.39. The number of rotatable bonds is 2. The number of nitriles is 1. The summed E-state index contributed by atoms with van der Waals surface area (Å²) in [6.45, 7) is 4.94. The molecular weight excluding hydrogens is 438 g/mol. The van der Waals surface area contributed by atoms with E-state index >= 15 is 0 Å². The predicted octanol–water partition coefficient (Wildman–Crippen LogP) is 7.81. The molecule has 0 bridgehead atoms. The monoisotopic (exact) mass is 469 g/mol. The third kappa shape index (κ3) is 3.00. The Morgan fingerprint density at radius 2 is 1.83 bits per heavy atom. The van der Waals surface area contributed by atoms with Gasteiger partial charge in [0.1, 0.15) is 11.8 Å². The highest BCUT2D eigenvalue weighted by atomic mass is 15.2. The van der Waals surface area contributed by atoms with E-state index in [4.69, 9.17) is 5.26 Å². The topological polar surface area (TPSA) is 39.9 Å². The SMILES string of the molecule is CC1(C)C2=C(CCC=C2)C2=C1C1C3=C(CCC=C3)N(c3cccc(-c4ccc(C#N)nc4)c3)C1CC2. The van der Waals surface area contributed by atoms with Gasteiger partial charge in [-0.1, -0.05) is 50.3 Å². The molecule has 178 valence electrons. The van der Waals surface area contributed by atoms with Crippen LogP contribution in [-0.2, 0) is 0 Å². The van der Waals surface area contributed by atoms with Crippen molar-refractivity contribution in [2.75, 3.05) is 4.90 Å². The largest absolute Gasteiger partial charge is 0.341 e. The molecule has 2 aromatic rings. The second-order valence-corrected chi connectivity index (χ2v) is 11.2. The Balaban J connectivity index is 1.33. The van der Waals surface area contributed by atoms with E-state index in [0.717, 1.165) is 24.0 Å². The maximum Gasteiger partial charge on any atom is 0.140 e.